The highest BCUT2D eigenvalue weighted by Crippen LogP contribution is 2.43. The van der Waals surface area contributed by atoms with Crippen molar-refractivity contribution in [1.82, 2.24) is 19.8 Å². The zero-order chi connectivity index (χ0) is 22.1. The molecule has 0 atom stereocenters. The van der Waals surface area contributed by atoms with Crippen molar-refractivity contribution < 1.29 is 9.57 Å². The van der Waals surface area contributed by atoms with E-state index in [4.69, 9.17) is 9.57 Å². The third-order valence-electron chi connectivity index (χ3n) is 5.67. The van der Waals surface area contributed by atoms with Gasteiger partial charge in [-0.3, -0.25) is 0 Å². The van der Waals surface area contributed by atoms with E-state index >= 15 is 0 Å². The molecule has 8 heteroatoms. The Kier molecular flexibility index (Phi) is 5.63. The molecule has 1 aliphatic rings. The van der Waals surface area contributed by atoms with Crippen LogP contribution in [0.2, 0.25) is 0 Å². The summed E-state index contributed by atoms with van der Waals surface area (Å²) in [6.45, 7) is 6.30. The number of aryl methyl sites for hydroxylation is 3. The van der Waals surface area contributed by atoms with Gasteiger partial charge in [-0.1, -0.05) is 17.3 Å². The van der Waals surface area contributed by atoms with Crippen molar-refractivity contribution in [3.63, 3.8) is 0 Å². The van der Waals surface area contributed by atoms with Crippen LogP contribution >= 0.6 is 0 Å². The van der Waals surface area contributed by atoms with Gasteiger partial charge in [-0.05, 0) is 84.8 Å². The van der Waals surface area contributed by atoms with Crippen molar-refractivity contribution in [2.75, 3.05) is 7.11 Å². The van der Waals surface area contributed by atoms with Crippen molar-refractivity contribution in [2.45, 2.75) is 46.1 Å². The number of aromatic nitrogens is 4. The molecular weight excluding hydrogens is 394 g/mol. The van der Waals surface area contributed by atoms with Crippen molar-refractivity contribution in [3.8, 4) is 11.4 Å². The molecule has 8 nitrogen and oxygen atoms in total. The van der Waals surface area contributed by atoms with Crippen molar-refractivity contribution in [3.05, 3.63) is 68.6 Å². The summed E-state index contributed by atoms with van der Waals surface area (Å²) in [5, 5.41) is 11.9. The molecule has 1 saturated carbocycles. The van der Waals surface area contributed by atoms with Gasteiger partial charge in [-0.25, -0.2) is 4.79 Å². The molecular formula is C23H27N5O3. The van der Waals surface area contributed by atoms with Crippen LogP contribution in [0.3, 0.4) is 0 Å². The van der Waals surface area contributed by atoms with Crippen LogP contribution in [0.1, 0.15) is 53.5 Å². The lowest BCUT2D eigenvalue weighted by atomic mass is 10.0. The van der Waals surface area contributed by atoms with Gasteiger partial charge in [0.15, 0.2) is 0 Å². The lowest BCUT2D eigenvalue weighted by molar-refractivity contribution is 0.213. The zero-order valence-electron chi connectivity index (χ0n) is 18.5. The number of benzene rings is 2. The van der Waals surface area contributed by atoms with E-state index in [0.717, 1.165) is 52.2 Å². The molecule has 0 amide bonds. The minimum Gasteiger partial charge on any atom is -0.489 e. The molecule has 1 aromatic heterocycles. The maximum Gasteiger partial charge on any atom is 0.368 e. The molecule has 2 aromatic carbocycles. The maximum atomic E-state index is 12.5. The molecule has 0 bridgehead atoms. The molecule has 1 heterocycles. The van der Waals surface area contributed by atoms with E-state index in [2.05, 4.69) is 27.7 Å². The van der Waals surface area contributed by atoms with Gasteiger partial charge in [0.05, 0.1) is 11.4 Å². The number of hydrogen-bond donors (Lipinski definition) is 0. The second-order valence-corrected chi connectivity index (χ2v) is 8.00. The van der Waals surface area contributed by atoms with E-state index in [0.29, 0.717) is 12.5 Å². The third kappa shape index (κ3) is 4.10. The number of hydrogen-bond acceptors (Lipinski definition) is 6. The Morgan fingerprint density at radius 1 is 1.19 bits per heavy atom. The fraction of sp³-hybridized carbons (Fsp3) is 0.391. The Labute approximate surface area is 181 Å². The van der Waals surface area contributed by atoms with Crippen LogP contribution in [0.4, 0.5) is 0 Å². The summed E-state index contributed by atoms with van der Waals surface area (Å²) < 4.78 is 8.85. The summed E-state index contributed by atoms with van der Waals surface area (Å²) in [6, 6.07) is 10.1. The highest BCUT2D eigenvalue weighted by molar-refractivity contribution is 6.00. The van der Waals surface area contributed by atoms with E-state index in [9.17, 15) is 4.79 Å². The number of rotatable bonds is 7. The van der Waals surface area contributed by atoms with Crippen LogP contribution in [0.25, 0.3) is 5.69 Å². The van der Waals surface area contributed by atoms with Gasteiger partial charge in [-0.2, -0.15) is 9.36 Å². The van der Waals surface area contributed by atoms with Gasteiger partial charge in [-0.15, -0.1) is 0 Å². The molecule has 0 radical (unpaired) electrons. The average Bonchev–Trinajstić information content (AvgIpc) is 3.54. The summed E-state index contributed by atoms with van der Waals surface area (Å²) >= 11 is 0. The van der Waals surface area contributed by atoms with Crippen molar-refractivity contribution >= 4 is 5.71 Å². The van der Waals surface area contributed by atoms with E-state index in [-0.39, 0.29) is 5.69 Å². The van der Waals surface area contributed by atoms with Crippen LogP contribution in [-0.4, -0.2) is 32.6 Å². The number of ether oxygens (including phenoxy) is 1. The maximum absolute atomic E-state index is 12.5. The van der Waals surface area contributed by atoms with Crippen LogP contribution < -0.4 is 10.4 Å². The Bertz CT molecular complexity index is 1200. The Hall–Kier alpha value is -3.42. The normalized spacial score (nSPS) is 14.0. The Morgan fingerprint density at radius 3 is 2.61 bits per heavy atom. The lowest BCUT2D eigenvalue weighted by Gasteiger charge is -2.17. The summed E-state index contributed by atoms with van der Waals surface area (Å²) in [7, 11) is 3.13. The topological polar surface area (TPSA) is 83.5 Å². The number of nitrogens with zero attached hydrogens (tertiary/aromatic N) is 5. The van der Waals surface area contributed by atoms with Gasteiger partial charge in [0.1, 0.15) is 19.5 Å². The fourth-order valence-corrected chi connectivity index (χ4v) is 3.86. The number of tetrazole rings is 1. The number of oxime groups is 1. The quantitative estimate of drug-likeness (QED) is 0.431. The standard InChI is InChI=1S/C23H27N5O3/c1-14-12-22(15(2)11-19(14)16(3)24-30-5)31-13-20-18(17-9-10-17)7-6-8-21(20)28-23(29)27(4)25-26-28/h6-8,11-12,17H,9-10,13H2,1-5H3. The van der Waals surface area contributed by atoms with E-state index < -0.39 is 0 Å². The summed E-state index contributed by atoms with van der Waals surface area (Å²) in [5.74, 6) is 1.30. The van der Waals surface area contributed by atoms with Crippen LogP contribution in [0.15, 0.2) is 40.3 Å². The lowest BCUT2D eigenvalue weighted by Crippen LogP contribution is -2.23. The summed E-state index contributed by atoms with van der Waals surface area (Å²) in [6.07, 6.45) is 2.30. The van der Waals surface area contributed by atoms with E-state index in [1.165, 1.54) is 14.9 Å². The van der Waals surface area contributed by atoms with Gasteiger partial charge >= 0.3 is 5.69 Å². The van der Waals surface area contributed by atoms with Gasteiger partial charge in [0.2, 0.25) is 0 Å². The second kappa shape index (κ2) is 8.37. The average molecular weight is 422 g/mol. The van der Waals surface area contributed by atoms with Crippen LogP contribution in [0.5, 0.6) is 5.75 Å². The Balaban J connectivity index is 1.69. The zero-order valence-corrected chi connectivity index (χ0v) is 18.5. The molecule has 0 N–H and O–H groups in total. The van der Waals surface area contributed by atoms with Crippen LogP contribution in [0, 0.1) is 13.8 Å². The molecule has 31 heavy (non-hydrogen) atoms. The molecule has 1 fully saturated rings. The molecule has 3 aromatic rings. The first-order valence-electron chi connectivity index (χ1n) is 10.3. The molecule has 0 aliphatic heterocycles. The summed E-state index contributed by atoms with van der Waals surface area (Å²) in [4.78, 5) is 17.4. The van der Waals surface area contributed by atoms with E-state index in [1.807, 2.05) is 39.0 Å². The minimum absolute atomic E-state index is 0.279. The first-order valence-corrected chi connectivity index (χ1v) is 10.3. The van der Waals surface area contributed by atoms with E-state index in [1.54, 1.807) is 14.2 Å². The third-order valence-corrected chi connectivity index (χ3v) is 5.67. The first kappa shape index (κ1) is 20.8. The highest BCUT2D eigenvalue weighted by Gasteiger charge is 2.28. The minimum atomic E-state index is -0.279. The predicted octanol–water partition coefficient (Wildman–Crippen LogP) is 3.41. The van der Waals surface area contributed by atoms with Gasteiger partial charge in [0.25, 0.3) is 0 Å². The van der Waals surface area contributed by atoms with Crippen LogP contribution in [-0.2, 0) is 18.5 Å². The SMILES string of the molecule is CON=C(C)c1cc(C)c(OCc2c(C3CC3)cccc2-n2nnn(C)c2=O)cc1C. The van der Waals surface area contributed by atoms with Gasteiger partial charge < -0.3 is 9.57 Å². The monoisotopic (exact) mass is 421 g/mol. The fourth-order valence-electron chi connectivity index (χ4n) is 3.86. The molecule has 0 saturated heterocycles. The molecule has 1 aliphatic carbocycles. The molecule has 0 spiro atoms. The molecule has 0 unspecified atom stereocenters. The first-order chi connectivity index (χ1) is 14.9. The highest BCUT2D eigenvalue weighted by atomic mass is 16.6. The summed E-state index contributed by atoms with van der Waals surface area (Å²) in [5.41, 5.74) is 6.54. The smallest absolute Gasteiger partial charge is 0.368 e. The van der Waals surface area contributed by atoms with Crippen molar-refractivity contribution in [1.29, 1.82) is 0 Å². The molecule has 162 valence electrons. The predicted molar refractivity (Wildman–Crippen MR) is 118 cm³/mol. The second-order valence-electron chi connectivity index (χ2n) is 8.00. The molecule has 4 rings (SSSR count). The largest absolute Gasteiger partial charge is 0.489 e. The van der Waals surface area contributed by atoms with Gasteiger partial charge in [0, 0.05) is 18.2 Å². The van der Waals surface area contributed by atoms with Crippen molar-refractivity contribution in [2.24, 2.45) is 12.2 Å². The Morgan fingerprint density at radius 2 is 1.97 bits per heavy atom.